The molecule has 0 atom stereocenters. The van der Waals surface area contributed by atoms with E-state index in [1.54, 1.807) is 18.2 Å². The Morgan fingerprint density at radius 1 is 0.964 bits per heavy atom. The number of nitrogens with zero attached hydrogens (tertiary/aromatic N) is 5. The first-order chi connectivity index (χ1) is 13.6. The van der Waals surface area contributed by atoms with E-state index in [-0.39, 0.29) is 10.8 Å². The molecule has 2 saturated heterocycles. The van der Waals surface area contributed by atoms with Gasteiger partial charge in [-0.25, -0.2) is 8.42 Å². The third kappa shape index (κ3) is 4.05. The maximum atomic E-state index is 13.1. The van der Waals surface area contributed by atoms with Gasteiger partial charge in [0.05, 0.1) is 18.3 Å². The van der Waals surface area contributed by atoms with Crippen molar-refractivity contribution < 1.29 is 13.2 Å². The van der Waals surface area contributed by atoms with Crippen LogP contribution in [0.15, 0.2) is 23.1 Å². The fourth-order valence-corrected chi connectivity index (χ4v) is 6.04. The molecule has 0 saturated carbocycles. The lowest BCUT2D eigenvalue weighted by molar-refractivity contribution is -0.132. The zero-order valence-electron chi connectivity index (χ0n) is 15.8. The van der Waals surface area contributed by atoms with Crippen molar-refractivity contribution in [3.63, 3.8) is 0 Å². The van der Waals surface area contributed by atoms with E-state index >= 15 is 0 Å². The van der Waals surface area contributed by atoms with Crippen molar-refractivity contribution >= 4 is 38.7 Å². The van der Waals surface area contributed by atoms with Crippen molar-refractivity contribution in [2.75, 3.05) is 45.8 Å². The van der Waals surface area contributed by atoms with Gasteiger partial charge in [-0.3, -0.25) is 9.69 Å². The van der Waals surface area contributed by atoms with Crippen LogP contribution in [0.2, 0.25) is 0 Å². The molecule has 1 aromatic heterocycles. The molecule has 0 unspecified atom stereocenters. The first-order valence-electron chi connectivity index (χ1n) is 9.77. The first-order valence-corrected chi connectivity index (χ1v) is 11.9. The van der Waals surface area contributed by atoms with Crippen molar-refractivity contribution in [1.29, 1.82) is 0 Å². The monoisotopic (exact) mass is 423 g/mol. The Morgan fingerprint density at radius 3 is 2.39 bits per heavy atom. The summed E-state index contributed by atoms with van der Waals surface area (Å²) in [6.45, 7) is 3.94. The highest BCUT2D eigenvalue weighted by Crippen LogP contribution is 2.25. The molecule has 0 aliphatic carbocycles. The molecule has 2 aromatic rings. The molecule has 152 valence electrons. The molecular formula is C18H25N5O3S2. The molecule has 2 aliphatic heterocycles. The highest BCUT2D eigenvalue weighted by atomic mass is 32.2. The van der Waals surface area contributed by atoms with Crippen LogP contribution in [0.4, 0.5) is 0 Å². The second kappa shape index (κ2) is 8.40. The van der Waals surface area contributed by atoms with E-state index in [0.29, 0.717) is 43.8 Å². The number of piperazine rings is 1. The normalized spacial score (nSPS) is 20.4. The van der Waals surface area contributed by atoms with Crippen LogP contribution >= 0.6 is 11.7 Å². The van der Waals surface area contributed by atoms with Crippen LogP contribution in [-0.4, -0.2) is 83.0 Å². The quantitative estimate of drug-likeness (QED) is 0.739. The molecule has 1 amide bonds. The van der Waals surface area contributed by atoms with Crippen molar-refractivity contribution in [3.8, 4) is 0 Å². The fourth-order valence-electron chi connectivity index (χ4n) is 3.87. The van der Waals surface area contributed by atoms with Gasteiger partial charge in [0.25, 0.3) is 0 Å². The van der Waals surface area contributed by atoms with Gasteiger partial charge in [-0.15, -0.1) is 0 Å². The molecule has 3 heterocycles. The van der Waals surface area contributed by atoms with Gasteiger partial charge in [-0.2, -0.15) is 13.1 Å². The Morgan fingerprint density at radius 2 is 1.68 bits per heavy atom. The summed E-state index contributed by atoms with van der Waals surface area (Å²) in [7, 11) is -3.62. The van der Waals surface area contributed by atoms with Crippen LogP contribution in [0, 0.1) is 0 Å². The smallest absolute Gasteiger partial charge is 0.245 e. The third-order valence-corrected chi connectivity index (χ3v) is 7.99. The van der Waals surface area contributed by atoms with Crippen LogP contribution in [-0.2, 0) is 14.8 Å². The Bertz CT molecular complexity index is 930. The Labute approximate surface area is 169 Å². The Kier molecular flexibility index (Phi) is 5.91. The number of rotatable bonds is 4. The lowest BCUT2D eigenvalue weighted by Crippen LogP contribution is -2.51. The molecule has 0 spiro atoms. The molecular weight excluding hydrogens is 398 g/mol. The molecule has 0 bridgehead atoms. The van der Waals surface area contributed by atoms with Crippen molar-refractivity contribution in [3.05, 3.63) is 18.2 Å². The summed E-state index contributed by atoms with van der Waals surface area (Å²) < 4.78 is 35.9. The summed E-state index contributed by atoms with van der Waals surface area (Å²) in [5.74, 6) is 0.163. The van der Waals surface area contributed by atoms with Gasteiger partial charge in [0, 0.05) is 39.3 Å². The summed E-state index contributed by atoms with van der Waals surface area (Å²) in [6, 6.07) is 5.06. The number of hydrogen-bond acceptors (Lipinski definition) is 7. The number of likely N-dealkylation sites (tertiary alicyclic amines) is 1. The molecule has 2 fully saturated rings. The topological polar surface area (TPSA) is 86.7 Å². The van der Waals surface area contributed by atoms with E-state index in [0.717, 1.165) is 37.7 Å². The zero-order chi connectivity index (χ0) is 19.6. The highest BCUT2D eigenvalue weighted by molar-refractivity contribution is 7.89. The Hall–Kier alpha value is -1.62. The molecule has 0 N–H and O–H groups in total. The summed E-state index contributed by atoms with van der Waals surface area (Å²) >= 11 is 1.02. The van der Waals surface area contributed by atoms with E-state index in [2.05, 4.69) is 13.6 Å². The van der Waals surface area contributed by atoms with Gasteiger partial charge in [0.2, 0.25) is 15.9 Å². The number of hydrogen-bond donors (Lipinski definition) is 0. The largest absolute Gasteiger partial charge is 0.342 e. The fraction of sp³-hybridized carbons (Fsp3) is 0.611. The summed E-state index contributed by atoms with van der Waals surface area (Å²) in [5, 5.41) is 0. The van der Waals surface area contributed by atoms with Gasteiger partial charge in [0.1, 0.15) is 15.9 Å². The van der Waals surface area contributed by atoms with E-state index < -0.39 is 10.0 Å². The van der Waals surface area contributed by atoms with E-state index in [9.17, 15) is 13.2 Å². The molecule has 0 radical (unpaired) electrons. The second-order valence-electron chi connectivity index (χ2n) is 7.36. The number of aromatic nitrogens is 2. The number of carbonyl (C=O) groups is 1. The third-order valence-electron chi connectivity index (χ3n) is 5.52. The van der Waals surface area contributed by atoms with Crippen molar-refractivity contribution in [1.82, 2.24) is 22.9 Å². The maximum absolute atomic E-state index is 13.1. The minimum absolute atomic E-state index is 0.163. The predicted octanol–water partition coefficient (Wildman–Crippen LogP) is 1.40. The predicted molar refractivity (Wildman–Crippen MR) is 108 cm³/mol. The summed E-state index contributed by atoms with van der Waals surface area (Å²) in [4.78, 5) is 16.8. The minimum Gasteiger partial charge on any atom is -0.342 e. The standard InChI is InChI=1S/C18H25N5O3S2/c24-17(22-8-3-1-2-4-9-22)14-21-10-12-23(13-11-21)28(25,26)16-7-5-6-15-18(16)20-27-19-15/h5-7H,1-4,8-14H2. The van der Waals surface area contributed by atoms with Crippen LogP contribution in [0.1, 0.15) is 25.7 Å². The number of benzene rings is 1. The first kappa shape index (κ1) is 19.7. The van der Waals surface area contributed by atoms with E-state index in [1.807, 2.05) is 4.90 Å². The SMILES string of the molecule is O=C(CN1CCN(S(=O)(=O)c2cccc3nsnc23)CC1)N1CCCCCC1. The zero-order valence-corrected chi connectivity index (χ0v) is 17.4. The summed E-state index contributed by atoms with van der Waals surface area (Å²) in [6.07, 6.45) is 4.55. The molecule has 2 aliphatic rings. The maximum Gasteiger partial charge on any atom is 0.245 e. The van der Waals surface area contributed by atoms with Crippen LogP contribution in [0.5, 0.6) is 0 Å². The number of amides is 1. The summed E-state index contributed by atoms with van der Waals surface area (Å²) in [5.41, 5.74) is 1.04. The highest BCUT2D eigenvalue weighted by Gasteiger charge is 2.31. The molecule has 1 aromatic carbocycles. The molecule has 4 rings (SSSR count). The Balaban J connectivity index is 1.38. The van der Waals surface area contributed by atoms with Crippen LogP contribution in [0.3, 0.4) is 0 Å². The van der Waals surface area contributed by atoms with Gasteiger partial charge in [-0.05, 0) is 25.0 Å². The number of sulfonamides is 1. The van der Waals surface area contributed by atoms with Gasteiger partial charge >= 0.3 is 0 Å². The lowest BCUT2D eigenvalue weighted by atomic mass is 10.2. The average Bonchev–Trinajstić information content (AvgIpc) is 3.01. The number of carbonyl (C=O) groups excluding carboxylic acids is 1. The van der Waals surface area contributed by atoms with Crippen LogP contribution < -0.4 is 0 Å². The minimum atomic E-state index is -3.62. The lowest BCUT2D eigenvalue weighted by Gasteiger charge is -2.34. The number of fused-ring (bicyclic) bond motifs is 1. The molecule has 28 heavy (non-hydrogen) atoms. The van der Waals surface area contributed by atoms with Crippen molar-refractivity contribution in [2.24, 2.45) is 0 Å². The van der Waals surface area contributed by atoms with Crippen LogP contribution in [0.25, 0.3) is 11.0 Å². The molecule has 10 heteroatoms. The second-order valence-corrected chi connectivity index (χ2v) is 9.80. The van der Waals surface area contributed by atoms with Gasteiger partial charge in [0.15, 0.2) is 0 Å². The van der Waals surface area contributed by atoms with E-state index in [4.69, 9.17) is 0 Å². The van der Waals surface area contributed by atoms with Gasteiger partial charge in [-0.1, -0.05) is 18.9 Å². The molecule has 8 nitrogen and oxygen atoms in total. The van der Waals surface area contributed by atoms with Gasteiger partial charge < -0.3 is 4.90 Å². The average molecular weight is 424 g/mol. The van der Waals surface area contributed by atoms with E-state index in [1.165, 1.54) is 17.1 Å². The van der Waals surface area contributed by atoms with Crippen molar-refractivity contribution in [2.45, 2.75) is 30.6 Å².